The topological polar surface area (TPSA) is 16.2 Å². The van der Waals surface area contributed by atoms with E-state index in [1.807, 2.05) is 0 Å². The molecule has 0 bridgehead atoms. The molecule has 5 heteroatoms. The van der Waals surface area contributed by atoms with E-state index in [2.05, 4.69) is 59.1 Å². The van der Waals surface area contributed by atoms with E-state index in [4.69, 9.17) is 0 Å². The second-order valence-electron chi connectivity index (χ2n) is 28.7. The highest BCUT2D eigenvalue weighted by atomic mass is 15.3. The van der Waals surface area contributed by atoms with E-state index in [0.29, 0.717) is 0 Å². The zero-order valence-electron chi connectivity index (χ0n) is 60.3. The van der Waals surface area contributed by atoms with Crippen LogP contribution in [0.4, 0.5) is 0 Å². The highest BCUT2D eigenvalue weighted by Gasteiger charge is 2.19. The lowest BCUT2D eigenvalue weighted by Gasteiger charge is -2.37. The molecule has 0 atom stereocenters. The number of rotatable bonds is 74. The maximum atomic E-state index is 2.95. The van der Waals surface area contributed by atoms with Crippen LogP contribution in [0.1, 0.15) is 420 Å². The van der Waals surface area contributed by atoms with Crippen molar-refractivity contribution >= 4 is 0 Å². The average Bonchev–Trinajstić information content (AvgIpc) is 3.59. The highest BCUT2D eigenvalue weighted by molar-refractivity contribution is 4.76. The van der Waals surface area contributed by atoms with Crippen LogP contribution in [-0.2, 0) is 0 Å². The maximum Gasteiger partial charge on any atom is 0.0110 e. The van der Waals surface area contributed by atoms with Crippen molar-refractivity contribution in [2.24, 2.45) is 0 Å². The molecule has 0 saturated carbocycles. The standard InChI is InChI=1S/C80H165N5/c1-6-11-16-21-26-31-36-41-46-51-56-61-66-81(67-62-57-52-47-42-37-32-27-22-17-12-7-2)71-73-83(70-65-60-55-50-45-40-35-30-25-20-15-10-5)74-76-85-79-77-84(78-80-85)75-72-82(68-63-58-53-48-43-38-33-28-23-18-13-8-3)69-64-59-54-49-44-39-34-29-24-19-14-9-4/h6-80H2,1-5H3. The Morgan fingerprint density at radius 1 is 0.153 bits per heavy atom. The monoisotopic (exact) mass is 1200 g/mol. The molecule has 1 aliphatic heterocycles. The molecule has 1 heterocycles. The van der Waals surface area contributed by atoms with Gasteiger partial charge in [-0.15, -0.1) is 0 Å². The van der Waals surface area contributed by atoms with Gasteiger partial charge in [-0.2, -0.15) is 0 Å². The SMILES string of the molecule is CCCCCCCCCCCCCCN(CCCCCCCCCCCCCC)CCN(CCCCCCCCCCCCCC)CCN1CCN(CCN(CCCCCCCCCCCCCC)CCCCCCCCCCCCCC)CC1. The Bertz CT molecular complexity index is 1130. The van der Waals surface area contributed by atoms with Crippen LogP contribution in [0.3, 0.4) is 0 Å². The summed E-state index contributed by atoms with van der Waals surface area (Å²) in [4.78, 5) is 14.5. The predicted molar refractivity (Wildman–Crippen MR) is 388 cm³/mol. The van der Waals surface area contributed by atoms with Crippen molar-refractivity contribution in [3.8, 4) is 0 Å². The molecule has 0 aromatic carbocycles. The predicted octanol–water partition coefficient (Wildman–Crippen LogP) is 25.0. The van der Waals surface area contributed by atoms with Gasteiger partial charge in [-0.25, -0.2) is 0 Å². The van der Waals surface area contributed by atoms with E-state index in [-0.39, 0.29) is 0 Å². The van der Waals surface area contributed by atoms with Crippen molar-refractivity contribution in [1.82, 2.24) is 24.5 Å². The van der Waals surface area contributed by atoms with Crippen molar-refractivity contribution in [3.05, 3.63) is 0 Å². The normalized spacial score (nSPS) is 13.6. The molecule has 1 fully saturated rings. The summed E-state index contributed by atoms with van der Waals surface area (Å²) in [6, 6.07) is 0. The summed E-state index contributed by atoms with van der Waals surface area (Å²) in [7, 11) is 0. The Hall–Kier alpha value is -0.200. The van der Waals surface area contributed by atoms with Crippen LogP contribution in [0.25, 0.3) is 0 Å². The fraction of sp³-hybridized carbons (Fsp3) is 1.00. The van der Waals surface area contributed by atoms with Gasteiger partial charge in [0.15, 0.2) is 0 Å². The second-order valence-corrected chi connectivity index (χ2v) is 28.7. The lowest BCUT2D eigenvalue weighted by atomic mass is 10.0. The first kappa shape index (κ1) is 82.8. The minimum Gasteiger partial charge on any atom is -0.302 e. The number of nitrogens with zero attached hydrogens (tertiary/aromatic N) is 5. The number of piperazine rings is 1. The average molecular weight is 1200 g/mol. The van der Waals surface area contributed by atoms with Gasteiger partial charge in [0.25, 0.3) is 0 Å². The first-order valence-electron chi connectivity index (χ1n) is 40.8. The maximum absolute atomic E-state index is 2.95. The van der Waals surface area contributed by atoms with E-state index in [1.165, 1.54) is 483 Å². The molecule has 0 radical (unpaired) electrons. The summed E-state index contributed by atoms with van der Waals surface area (Å²) in [6.45, 7) is 31.1. The Labute approximate surface area is 539 Å². The summed E-state index contributed by atoms with van der Waals surface area (Å²) >= 11 is 0. The van der Waals surface area contributed by atoms with Crippen LogP contribution >= 0.6 is 0 Å². The van der Waals surface area contributed by atoms with Gasteiger partial charge in [-0.3, -0.25) is 9.80 Å². The van der Waals surface area contributed by atoms with Gasteiger partial charge in [-0.1, -0.05) is 388 Å². The Kier molecular flexibility index (Phi) is 69.4. The van der Waals surface area contributed by atoms with Gasteiger partial charge in [-0.05, 0) is 64.8 Å². The molecule has 1 saturated heterocycles. The summed E-state index contributed by atoms with van der Waals surface area (Å²) in [5.74, 6) is 0. The smallest absolute Gasteiger partial charge is 0.0110 e. The fourth-order valence-electron chi connectivity index (χ4n) is 14.0. The lowest BCUT2D eigenvalue weighted by molar-refractivity contribution is 0.104. The van der Waals surface area contributed by atoms with Crippen molar-refractivity contribution in [2.45, 2.75) is 420 Å². The van der Waals surface area contributed by atoms with Crippen LogP contribution in [0, 0.1) is 0 Å². The van der Waals surface area contributed by atoms with E-state index in [1.54, 1.807) is 0 Å². The van der Waals surface area contributed by atoms with Crippen LogP contribution in [-0.4, -0.2) is 123 Å². The Morgan fingerprint density at radius 3 is 0.447 bits per heavy atom. The minimum absolute atomic E-state index is 1.27. The molecular weight excluding hydrogens is 1030 g/mol. The molecule has 0 N–H and O–H groups in total. The summed E-state index contributed by atoms with van der Waals surface area (Å²) in [5, 5.41) is 0. The first-order chi connectivity index (χ1) is 42.2. The summed E-state index contributed by atoms with van der Waals surface area (Å²) in [6.07, 6.45) is 86.9. The first-order valence-corrected chi connectivity index (χ1v) is 40.8. The van der Waals surface area contributed by atoms with Gasteiger partial charge in [0.2, 0.25) is 0 Å². The second kappa shape index (κ2) is 71.2. The molecule has 0 unspecified atom stereocenters. The zero-order valence-corrected chi connectivity index (χ0v) is 60.3. The molecule has 0 aliphatic carbocycles. The molecule has 1 rings (SSSR count). The molecule has 1 aliphatic rings. The summed E-state index contributed by atoms with van der Waals surface area (Å²) in [5.41, 5.74) is 0. The molecule has 0 amide bonds. The van der Waals surface area contributed by atoms with E-state index < -0.39 is 0 Å². The van der Waals surface area contributed by atoms with Gasteiger partial charge in [0.05, 0.1) is 0 Å². The van der Waals surface area contributed by atoms with Gasteiger partial charge in [0, 0.05) is 65.4 Å². The van der Waals surface area contributed by atoms with Crippen molar-refractivity contribution in [1.29, 1.82) is 0 Å². The summed E-state index contributed by atoms with van der Waals surface area (Å²) < 4.78 is 0. The van der Waals surface area contributed by atoms with E-state index in [9.17, 15) is 0 Å². The van der Waals surface area contributed by atoms with Crippen LogP contribution in [0.5, 0.6) is 0 Å². The number of hydrogen-bond acceptors (Lipinski definition) is 5. The lowest BCUT2D eigenvalue weighted by Crippen LogP contribution is -2.50. The molecule has 510 valence electrons. The van der Waals surface area contributed by atoms with Crippen molar-refractivity contribution < 1.29 is 0 Å². The quantitative estimate of drug-likeness (QED) is 0.0563. The van der Waals surface area contributed by atoms with Gasteiger partial charge < -0.3 is 14.7 Å². The highest BCUT2D eigenvalue weighted by Crippen LogP contribution is 2.19. The number of hydrogen-bond donors (Lipinski definition) is 0. The van der Waals surface area contributed by atoms with Crippen LogP contribution in [0.15, 0.2) is 0 Å². The van der Waals surface area contributed by atoms with Crippen LogP contribution < -0.4 is 0 Å². The third-order valence-corrected chi connectivity index (χ3v) is 20.3. The molecule has 0 aromatic heterocycles. The van der Waals surface area contributed by atoms with Crippen LogP contribution in [0.2, 0.25) is 0 Å². The number of unbranched alkanes of at least 4 members (excludes halogenated alkanes) is 55. The fourth-order valence-corrected chi connectivity index (χ4v) is 14.0. The molecule has 5 nitrogen and oxygen atoms in total. The largest absolute Gasteiger partial charge is 0.302 e. The molecule has 0 aromatic rings. The zero-order chi connectivity index (χ0) is 60.9. The van der Waals surface area contributed by atoms with Crippen molar-refractivity contribution in [3.63, 3.8) is 0 Å². The van der Waals surface area contributed by atoms with Gasteiger partial charge >= 0.3 is 0 Å². The third-order valence-electron chi connectivity index (χ3n) is 20.3. The van der Waals surface area contributed by atoms with E-state index in [0.717, 1.165) is 0 Å². The van der Waals surface area contributed by atoms with E-state index >= 15 is 0 Å². The molecular formula is C80H165N5. The third kappa shape index (κ3) is 62.4. The Balaban J connectivity index is 2.76. The van der Waals surface area contributed by atoms with Crippen molar-refractivity contribution in [2.75, 3.05) is 98.2 Å². The molecule has 85 heavy (non-hydrogen) atoms. The Morgan fingerprint density at radius 2 is 0.282 bits per heavy atom. The van der Waals surface area contributed by atoms with Gasteiger partial charge in [0.1, 0.15) is 0 Å². The molecule has 0 spiro atoms. The minimum atomic E-state index is 1.27.